The average molecular weight is 515 g/mol. The Labute approximate surface area is 217 Å². The Morgan fingerprint density at radius 1 is 1.08 bits per heavy atom. The fourth-order valence-corrected chi connectivity index (χ4v) is 4.68. The van der Waals surface area contributed by atoms with Gasteiger partial charge in [0, 0.05) is 23.4 Å². The molecular formula is C28H24F2N6O2. The average Bonchev–Trinajstić information content (AvgIpc) is 3.44. The maximum Gasteiger partial charge on any atom is 0.257 e. The Morgan fingerprint density at radius 3 is 2.71 bits per heavy atom. The molecule has 0 saturated heterocycles. The third kappa shape index (κ3) is 3.87. The van der Waals surface area contributed by atoms with E-state index in [4.69, 9.17) is 9.15 Å². The van der Waals surface area contributed by atoms with Crippen LogP contribution in [0.25, 0.3) is 16.7 Å². The summed E-state index contributed by atoms with van der Waals surface area (Å²) in [7, 11) is 0. The van der Waals surface area contributed by atoms with Crippen LogP contribution in [0.1, 0.15) is 42.4 Å². The molecule has 0 fully saturated rings. The first-order valence-electron chi connectivity index (χ1n) is 12.2. The van der Waals surface area contributed by atoms with Crippen molar-refractivity contribution in [2.45, 2.75) is 39.7 Å². The van der Waals surface area contributed by atoms with E-state index in [1.54, 1.807) is 17.5 Å². The molecule has 1 aliphatic heterocycles. The summed E-state index contributed by atoms with van der Waals surface area (Å²) in [6.45, 7) is 8.48. The van der Waals surface area contributed by atoms with Gasteiger partial charge in [-0.25, -0.2) is 13.8 Å². The molecule has 4 heterocycles. The first kappa shape index (κ1) is 24.0. The topological polar surface area (TPSA) is 81.6 Å². The Balaban J connectivity index is 1.53. The normalized spacial score (nSPS) is 13.9. The molecule has 0 saturated carbocycles. The molecule has 5 aromatic rings. The van der Waals surface area contributed by atoms with E-state index in [2.05, 4.69) is 32.0 Å². The summed E-state index contributed by atoms with van der Waals surface area (Å²) >= 11 is 0. The van der Waals surface area contributed by atoms with Gasteiger partial charge in [0.25, 0.3) is 5.78 Å². The number of aryl methyl sites for hydroxylation is 2. The minimum Gasteiger partial charge on any atom is -0.444 e. The lowest BCUT2D eigenvalue weighted by atomic mass is 9.93. The smallest absolute Gasteiger partial charge is 0.257 e. The molecule has 6 rings (SSSR count). The second-order valence-electron chi connectivity index (χ2n) is 9.73. The molecule has 0 N–H and O–H groups in total. The maximum absolute atomic E-state index is 15.4. The number of ether oxygens (including phenoxy) is 1. The number of halogens is 2. The summed E-state index contributed by atoms with van der Waals surface area (Å²) in [5, 5.41) is 8.29. The number of hydrogen-bond donors (Lipinski definition) is 0. The van der Waals surface area contributed by atoms with Gasteiger partial charge in [-0.05, 0) is 52.0 Å². The van der Waals surface area contributed by atoms with Crippen LogP contribution < -0.4 is 4.90 Å². The minimum atomic E-state index is -0.981. The lowest BCUT2D eigenvalue weighted by Gasteiger charge is -2.25. The van der Waals surface area contributed by atoms with E-state index < -0.39 is 17.0 Å². The van der Waals surface area contributed by atoms with E-state index in [1.807, 2.05) is 43.9 Å². The van der Waals surface area contributed by atoms with E-state index in [0.29, 0.717) is 42.8 Å². The fourth-order valence-electron chi connectivity index (χ4n) is 4.68. The van der Waals surface area contributed by atoms with Crippen LogP contribution in [0.4, 0.5) is 20.3 Å². The highest BCUT2D eigenvalue weighted by atomic mass is 19.2. The van der Waals surface area contributed by atoms with Gasteiger partial charge in [0.05, 0.1) is 30.3 Å². The van der Waals surface area contributed by atoms with Crippen molar-refractivity contribution >= 4 is 28.2 Å². The molecule has 10 heteroatoms. The predicted molar refractivity (Wildman–Crippen MR) is 137 cm³/mol. The van der Waals surface area contributed by atoms with Crippen molar-refractivity contribution in [3.8, 4) is 11.8 Å². The molecule has 8 nitrogen and oxygen atoms in total. The van der Waals surface area contributed by atoms with E-state index in [9.17, 15) is 4.39 Å². The zero-order chi connectivity index (χ0) is 26.6. The minimum absolute atomic E-state index is 0.0464. The van der Waals surface area contributed by atoms with E-state index in [0.717, 1.165) is 28.6 Å². The molecule has 38 heavy (non-hydrogen) atoms. The van der Waals surface area contributed by atoms with Crippen LogP contribution in [0.2, 0.25) is 0 Å². The molecule has 0 radical (unpaired) electrons. The standard InChI is InChI=1S/C28H24F2N6O2/c1-16-14-31-26(38-16)28(3,4)11-10-18-6-5-7-21-19(18)15-37-13-12-35(21)25-23-22(9-8-20(29)24(23)30)36-17(2)33-34-27(36)32-25/h5-9,14H,12-13,15H2,1-4H3. The van der Waals surface area contributed by atoms with E-state index in [-0.39, 0.29) is 11.2 Å². The summed E-state index contributed by atoms with van der Waals surface area (Å²) in [6.07, 6.45) is 1.67. The molecular weight excluding hydrogens is 490 g/mol. The number of fused-ring (bicyclic) bond motifs is 4. The Bertz CT molecular complexity index is 1780. The second kappa shape index (κ2) is 8.89. The quantitative estimate of drug-likeness (QED) is 0.301. The first-order valence-corrected chi connectivity index (χ1v) is 12.2. The number of nitrogens with zero attached hydrogens (tertiary/aromatic N) is 6. The molecule has 3 aromatic heterocycles. The number of aromatic nitrogens is 5. The van der Waals surface area contributed by atoms with Crippen LogP contribution in [0.15, 0.2) is 40.9 Å². The largest absolute Gasteiger partial charge is 0.444 e. The molecule has 0 spiro atoms. The highest BCUT2D eigenvalue weighted by molar-refractivity contribution is 5.94. The van der Waals surface area contributed by atoms with Gasteiger partial charge in [-0.1, -0.05) is 17.9 Å². The highest BCUT2D eigenvalue weighted by Crippen LogP contribution is 2.37. The van der Waals surface area contributed by atoms with Crippen LogP contribution in [-0.4, -0.2) is 37.7 Å². The van der Waals surface area contributed by atoms with Gasteiger partial charge in [-0.15, -0.1) is 10.2 Å². The SMILES string of the molecule is Cc1cnc(C(C)(C)C#Cc2cccc3c2COCCN3c2nc3nnc(C)n3c3ccc(F)c(F)c23)o1. The number of hydrogen-bond acceptors (Lipinski definition) is 7. The van der Waals surface area contributed by atoms with Crippen molar-refractivity contribution in [2.75, 3.05) is 18.1 Å². The summed E-state index contributed by atoms with van der Waals surface area (Å²) < 4.78 is 43.1. The molecule has 0 unspecified atom stereocenters. The zero-order valence-electron chi connectivity index (χ0n) is 21.3. The summed E-state index contributed by atoms with van der Waals surface area (Å²) in [6, 6.07) is 8.31. The summed E-state index contributed by atoms with van der Waals surface area (Å²) in [5.41, 5.74) is 2.12. The summed E-state index contributed by atoms with van der Waals surface area (Å²) in [4.78, 5) is 10.8. The van der Waals surface area contributed by atoms with Crippen molar-refractivity contribution in [1.29, 1.82) is 0 Å². The lowest BCUT2D eigenvalue weighted by molar-refractivity contribution is 0.133. The molecule has 192 valence electrons. The third-order valence-corrected chi connectivity index (χ3v) is 6.62. The lowest BCUT2D eigenvalue weighted by Crippen LogP contribution is -2.23. The van der Waals surface area contributed by atoms with Gasteiger partial charge < -0.3 is 14.1 Å². The van der Waals surface area contributed by atoms with Gasteiger partial charge >= 0.3 is 0 Å². The van der Waals surface area contributed by atoms with Gasteiger partial charge in [-0.2, -0.15) is 4.98 Å². The summed E-state index contributed by atoms with van der Waals surface area (Å²) in [5.74, 6) is 6.92. The highest BCUT2D eigenvalue weighted by Gasteiger charge is 2.27. The third-order valence-electron chi connectivity index (χ3n) is 6.62. The van der Waals surface area contributed by atoms with Crippen LogP contribution in [0, 0.1) is 37.3 Å². The van der Waals surface area contributed by atoms with Crippen molar-refractivity contribution in [1.82, 2.24) is 24.6 Å². The van der Waals surface area contributed by atoms with Crippen molar-refractivity contribution in [3.63, 3.8) is 0 Å². The maximum atomic E-state index is 15.4. The molecule has 0 amide bonds. The number of benzene rings is 2. The Kier molecular flexibility index (Phi) is 5.61. The zero-order valence-corrected chi connectivity index (χ0v) is 21.3. The Hall–Kier alpha value is -4.36. The first-order chi connectivity index (χ1) is 18.2. The predicted octanol–water partition coefficient (Wildman–Crippen LogP) is 5.16. The Morgan fingerprint density at radius 2 is 1.92 bits per heavy atom. The van der Waals surface area contributed by atoms with Gasteiger partial charge in [-0.3, -0.25) is 4.40 Å². The second-order valence-corrected chi connectivity index (χ2v) is 9.73. The molecule has 1 aliphatic rings. The fraction of sp³-hybridized carbons (Fsp3) is 0.286. The van der Waals surface area contributed by atoms with Crippen LogP contribution in [0.5, 0.6) is 0 Å². The van der Waals surface area contributed by atoms with Crippen molar-refractivity contribution in [2.24, 2.45) is 0 Å². The van der Waals surface area contributed by atoms with E-state index in [1.165, 1.54) is 6.07 Å². The molecule has 0 aliphatic carbocycles. The number of oxazole rings is 1. The van der Waals surface area contributed by atoms with Gasteiger partial charge in [0.1, 0.15) is 22.8 Å². The van der Waals surface area contributed by atoms with Gasteiger partial charge in [0.2, 0.25) is 5.89 Å². The van der Waals surface area contributed by atoms with E-state index >= 15 is 4.39 Å². The molecule has 2 aromatic carbocycles. The van der Waals surface area contributed by atoms with Crippen molar-refractivity contribution in [3.05, 3.63) is 76.8 Å². The number of rotatable bonds is 2. The monoisotopic (exact) mass is 514 g/mol. The van der Waals surface area contributed by atoms with Crippen LogP contribution >= 0.6 is 0 Å². The molecule has 0 bridgehead atoms. The van der Waals surface area contributed by atoms with Crippen LogP contribution in [0.3, 0.4) is 0 Å². The van der Waals surface area contributed by atoms with Gasteiger partial charge in [0.15, 0.2) is 11.6 Å². The van der Waals surface area contributed by atoms with Crippen molar-refractivity contribution < 1.29 is 17.9 Å². The number of anilines is 2. The molecule has 0 atom stereocenters. The van der Waals surface area contributed by atoms with Crippen LogP contribution in [-0.2, 0) is 16.8 Å².